The minimum absolute atomic E-state index is 0.505. The molecule has 0 aromatic heterocycles. The molecule has 0 spiro atoms. The third kappa shape index (κ3) is 1.16. The van der Waals surface area contributed by atoms with Gasteiger partial charge in [-0.15, -0.1) is 0 Å². The lowest BCUT2D eigenvalue weighted by atomic mass is 10.1. The fraction of sp³-hybridized carbons (Fsp3) is 0.750. The highest BCUT2D eigenvalue weighted by Gasteiger charge is 2.35. The van der Waals surface area contributed by atoms with Crippen molar-refractivity contribution < 1.29 is 4.74 Å². The molecule has 50 valence electrons. The Labute approximate surface area is 55.7 Å². The monoisotopic (exact) mass is 124 g/mol. The fourth-order valence-corrected chi connectivity index (χ4v) is 1.40. The first kappa shape index (κ1) is 5.48. The van der Waals surface area contributed by atoms with Gasteiger partial charge in [-0.05, 0) is 19.3 Å². The lowest BCUT2D eigenvalue weighted by Gasteiger charge is -1.96. The van der Waals surface area contributed by atoms with E-state index in [1.54, 1.807) is 0 Å². The number of ether oxygens (including phenoxy) is 1. The summed E-state index contributed by atoms with van der Waals surface area (Å²) in [6, 6.07) is 0. The molecule has 0 amide bonds. The quantitative estimate of drug-likeness (QED) is 0.355. The van der Waals surface area contributed by atoms with E-state index in [1.165, 1.54) is 25.7 Å². The highest BCUT2D eigenvalue weighted by molar-refractivity contribution is 5.03. The van der Waals surface area contributed by atoms with Crippen molar-refractivity contribution in [3.8, 4) is 0 Å². The molecule has 0 N–H and O–H groups in total. The van der Waals surface area contributed by atoms with E-state index in [-0.39, 0.29) is 0 Å². The topological polar surface area (TPSA) is 12.5 Å². The zero-order valence-corrected chi connectivity index (χ0v) is 5.55. The number of rotatable bonds is 0. The summed E-state index contributed by atoms with van der Waals surface area (Å²) >= 11 is 0. The lowest BCUT2D eigenvalue weighted by molar-refractivity contribution is 0.376. The average Bonchev–Trinajstić information content (AvgIpc) is 2.46. The van der Waals surface area contributed by atoms with Crippen LogP contribution in [-0.4, -0.2) is 12.2 Å². The second-order valence-electron chi connectivity index (χ2n) is 2.85. The zero-order valence-electron chi connectivity index (χ0n) is 5.55. The van der Waals surface area contributed by atoms with Crippen molar-refractivity contribution in [3.63, 3.8) is 0 Å². The van der Waals surface area contributed by atoms with Crippen LogP contribution in [0.2, 0.25) is 0 Å². The summed E-state index contributed by atoms with van der Waals surface area (Å²) < 4.78 is 5.35. The molecule has 0 saturated carbocycles. The lowest BCUT2D eigenvalue weighted by Crippen LogP contribution is -1.92. The molecule has 0 radical (unpaired) electrons. The minimum atomic E-state index is 0.505. The van der Waals surface area contributed by atoms with Crippen molar-refractivity contribution >= 4 is 0 Å². The Kier molecular flexibility index (Phi) is 1.31. The Morgan fingerprint density at radius 1 is 1.33 bits per heavy atom. The van der Waals surface area contributed by atoms with Gasteiger partial charge in [-0.2, -0.15) is 0 Å². The van der Waals surface area contributed by atoms with E-state index in [1.807, 2.05) is 0 Å². The summed E-state index contributed by atoms with van der Waals surface area (Å²) in [4.78, 5) is 0. The maximum atomic E-state index is 5.35. The van der Waals surface area contributed by atoms with Gasteiger partial charge in [0, 0.05) is 0 Å². The maximum Gasteiger partial charge on any atom is 0.102 e. The number of fused-ring (bicyclic) bond motifs is 1. The van der Waals surface area contributed by atoms with E-state index in [0.29, 0.717) is 12.2 Å². The molecule has 0 aromatic carbocycles. The minimum Gasteiger partial charge on any atom is -0.365 e. The fourth-order valence-electron chi connectivity index (χ4n) is 1.40. The van der Waals surface area contributed by atoms with E-state index in [0.717, 1.165) is 0 Å². The molecule has 1 saturated heterocycles. The van der Waals surface area contributed by atoms with Gasteiger partial charge in [-0.3, -0.25) is 0 Å². The van der Waals surface area contributed by atoms with Crippen LogP contribution < -0.4 is 0 Å². The molecule has 9 heavy (non-hydrogen) atoms. The summed E-state index contributed by atoms with van der Waals surface area (Å²) in [5, 5.41) is 0. The van der Waals surface area contributed by atoms with Crippen LogP contribution in [-0.2, 0) is 4.74 Å². The van der Waals surface area contributed by atoms with Crippen LogP contribution in [0, 0.1) is 0 Å². The molecular formula is C8H12O. The molecule has 1 heterocycles. The van der Waals surface area contributed by atoms with Crippen LogP contribution in [0.4, 0.5) is 0 Å². The molecule has 1 aliphatic carbocycles. The molecule has 1 heteroatoms. The Bertz CT molecular complexity index is 129. The second kappa shape index (κ2) is 2.14. The normalized spacial score (nSPS) is 40.9. The Balaban J connectivity index is 1.95. The third-order valence-corrected chi connectivity index (χ3v) is 2.06. The van der Waals surface area contributed by atoms with Crippen LogP contribution in [0.5, 0.6) is 0 Å². The first-order valence-electron chi connectivity index (χ1n) is 3.79. The summed E-state index contributed by atoms with van der Waals surface area (Å²) in [6.07, 6.45) is 10.8. The van der Waals surface area contributed by atoms with Gasteiger partial charge in [0.25, 0.3) is 0 Å². The number of allylic oxidation sites excluding steroid dienone is 1. The highest BCUT2D eigenvalue weighted by atomic mass is 16.6. The summed E-state index contributed by atoms with van der Waals surface area (Å²) in [7, 11) is 0. The van der Waals surface area contributed by atoms with Gasteiger partial charge >= 0.3 is 0 Å². The van der Waals surface area contributed by atoms with Crippen molar-refractivity contribution in [1.82, 2.24) is 0 Å². The van der Waals surface area contributed by atoms with Crippen LogP contribution in [0.3, 0.4) is 0 Å². The molecule has 0 aromatic rings. The highest BCUT2D eigenvalue weighted by Crippen LogP contribution is 2.30. The number of epoxide rings is 1. The van der Waals surface area contributed by atoms with Crippen LogP contribution in [0.15, 0.2) is 12.2 Å². The van der Waals surface area contributed by atoms with Gasteiger partial charge in [0.2, 0.25) is 0 Å². The van der Waals surface area contributed by atoms with Gasteiger partial charge in [0.1, 0.15) is 6.10 Å². The van der Waals surface area contributed by atoms with E-state index in [4.69, 9.17) is 4.74 Å². The molecule has 1 aliphatic heterocycles. The van der Waals surface area contributed by atoms with E-state index in [2.05, 4.69) is 12.2 Å². The van der Waals surface area contributed by atoms with Crippen molar-refractivity contribution in [2.75, 3.05) is 0 Å². The van der Waals surface area contributed by atoms with E-state index >= 15 is 0 Å². The predicted octanol–water partition coefficient (Wildman–Crippen LogP) is 1.88. The van der Waals surface area contributed by atoms with Crippen LogP contribution >= 0.6 is 0 Å². The Hall–Kier alpha value is -0.300. The van der Waals surface area contributed by atoms with E-state index < -0.39 is 0 Å². The number of hydrogen-bond acceptors (Lipinski definition) is 1. The zero-order chi connectivity index (χ0) is 6.10. The van der Waals surface area contributed by atoms with Gasteiger partial charge < -0.3 is 4.74 Å². The van der Waals surface area contributed by atoms with Gasteiger partial charge in [-0.1, -0.05) is 18.6 Å². The summed E-state index contributed by atoms with van der Waals surface area (Å²) in [6.45, 7) is 0. The predicted molar refractivity (Wildman–Crippen MR) is 36.3 cm³/mol. The second-order valence-corrected chi connectivity index (χ2v) is 2.85. The Morgan fingerprint density at radius 2 is 2.33 bits per heavy atom. The Morgan fingerprint density at radius 3 is 3.33 bits per heavy atom. The molecular weight excluding hydrogens is 112 g/mol. The summed E-state index contributed by atoms with van der Waals surface area (Å²) in [5.74, 6) is 0. The molecule has 2 aliphatic rings. The molecule has 0 bridgehead atoms. The molecule has 1 nitrogen and oxygen atoms in total. The van der Waals surface area contributed by atoms with Crippen molar-refractivity contribution in [3.05, 3.63) is 12.2 Å². The van der Waals surface area contributed by atoms with Crippen molar-refractivity contribution in [2.24, 2.45) is 0 Å². The SMILES string of the molecule is C1=C[C@@H]2O[C@H]2CCCC1. The molecule has 2 atom stereocenters. The average molecular weight is 124 g/mol. The van der Waals surface area contributed by atoms with E-state index in [9.17, 15) is 0 Å². The summed E-state index contributed by atoms with van der Waals surface area (Å²) in [5.41, 5.74) is 0. The van der Waals surface area contributed by atoms with Gasteiger partial charge in [0.05, 0.1) is 6.10 Å². The number of hydrogen-bond donors (Lipinski definition) is 0. The largest absolute Gasteiger partial charge is 0.365 e. The van der Waals surface area contributed by atoms with Crippen molar-refractivity contribution in [2.45, 2.75) is 37.9 Å². The van der Waals surface area contributed by atoms with Gasteiger partial charge in [0.15, 0.2) is 0 Å². The third-order valence-electron chi connectivity index (χ3n) is 2.06. The first-order chi connectivity index (χ1) is 4.47. The van der Waals surface area contributed by atoms with Crippen LogP contribution in [0.1, 0.15) is 25.7 Å². The van der Waals surface area contributed by atoms with Crippen LogP contribution in [0.25, 0.3) is 0 Å². The molecule has 2 rings (SSSR count). The van der Waals surface area contributed by atoms with Gasteiger partial charge in [-0.25, -0.2) is 0 Å². The first-order valence-corrected chi connectivity index (χ1v) is 3.79. The standard InChI is InChI=1S/C8H12O/c1-2-4-6-8-7(9-8)5-3-1/h3,5,7-8H,1-2,4,6H2/t7-,8-/m0/s1. The maximum absolute atomic E-state index is 5.35. The smallest absolute Gasteiger partial charge is 0.102 e. The molecule has 0 unspecified atom stereocenters. The molecule has 1 fully saturated rings. The van der Waals surface area contributed by atoms with Crippen molar-refractivity contribution in [1.29, 1.82) is 0 Å².